The SMILES string of the molecule is COc1c(/C(C)=C/C(=O)NCc2cccs2)cc2c(-c3ccc4ccccc4c3)coc2c1C. The van der Waals surface area contributed by atoms with Crippen molar-refractivity contribution in [1.82, 2.24) is 5.32 Å². The van der Waals surface area contributed by atoms with E-state index < -0.39 is 0 Å². The van der Waals surface area contributed by atoms with E-state index in [0.29, 0.717) is 12.3 Å². The van der Waals surface area contributed by atoms with E-state index >= 15 is 0 Å². The van der Waals surface area contributed by atoms with Gasteiger partial charge >= 0.3 is 0 Å². The number of carbonyl (C=O) groups is 1. The lowest BCUT2D eigenvalue weighted by Gasteiger charge is -2.13. The molecule has 170 valence electrons. The van der Waals surface area contributed by atoms with Crippen LogP contribution in [0.3, 0.4) is 0 Å². The number of hydrogen-bond acceptors (Lipinski definition) is 4. The molecule has 5 heteroatoms. The molecule has 5 rings (SSSR count). The predicted molar refractivity (Wildman–Crippen MR) is 140 cm³/mol. The number of ether oxygens (including phenoxy) is 1. The van der Waals surface area contributed by atoms with Crippen LogP contribution in [0.25, 0.3) is 38.4 Å². The Morgan fingerprint density at radius 3 is 2.68 bits per heavy atom. The van der Waals surface area contributed by atoms with Crippen molar-refractivity contribution in [2.75, 3.05) is 7.11 Å². The average molecular weight is 468 g/mol. The van der Waals surface area contributed by atoms with Gasteiger partial charge in [-0.3, -0.25) is 4.79 Å². The van der Waals surface area contributed by atoms with Crippen LogP contribution in [0, 0.1) is 6.92 Å². The molecule has 0 bridgehead atoms. The van der Waals surface area contributed by atoms with Crippen LogP contribution in [-0.2, 0) is 11.3 Å². The second-order valence-electron chi connectivity index (χ2n) is 8.29. The zero-order valence-corrected chi connectivity index (χ0v) is 20.2. The average Bonchev–Trinajstić information content (AvgIpc) is 3.52. The minimum Gasteiger partial charge on any atom is -0.496 e. The van der Waals surface area contributed by atoms with Crippen molar-refractivity contribution in [1.29, 1.82) is 0 Å². The zero-order chi connectivity index (χ0) is 23.7. The van der Waals surface area contributed by atoms with Gasteiger partial charge in [0.15, 0.2) is 0 Å². The van der Waals surface area contributed by atoms with Gasteiger partial charge in [0, 0.05) is 33.0 Å². The van der Waals surface area contributed by atoms with E-state index in [-0.39, 0.29) is 5.91 Å². The molecule has 2 heterocycles. The molecule has 5 aromatic rings. The third-order valence-electron chi connectivity index (χ3n) is 6.10. The molecule has 0 fully saturated rings. The molecule has 1 N–H and O–H groups in total. The maximum absolute atomic E-state index is 12.6. The first-order valence-corrected chi connectivity index (χ1v) is 12.0. The van der Waals surface area contributed by atoms with Crippen LogP contribution in [0.2, 0.25) is 0 Å². The Bertz CT molecular complexity index is 1530. The van der Waals surface area contributed by atoms with E-state index in [4.69, 9.17) is 9.15 Å². The van der Waals surface area contributed by atoms with Crippen LogP contribution in [0.4, 0.5) is 0 Å². The fourth-order valence-electron chi connectivity index (χ4n) is 4.37. The summed E-state index contributed by atoms with van der Waals surface area (Å²) < 4.78 is 11.8. The van der Waals surface area contributed by atoms with Gasteiger partial charge in [0.1, 0.15) is 11.3 Å². The summed E-state index contributed by atoms with van der Waals surface area (Å²) in [6.07, 6.45) is 3.43. The van der Waals surface area contributed by atoms with E-state index in [0.717, 1.165) is 43.7 Å². The molecular weight excluding hydrogens is 442 g/mol. The van der Waals surface area contributed by atoms with Gasteiger partial charge in [-0.25, -0.2) is 0 Å². The normalized spacial score (nSPS) is 11.8. The van der Waals surface area contributed by atoms with Crippen LogP contribution in [0.15, 0.2) is 82.8 Å². The Balaban J connectivity index is 1.55. The molecule has 0 radical (unpaired) electrons. The number of methoxy groups -OCH3 is 1. The number of allylic oxidation sites excluding steroid dienone is 1. The second kappa shape index (κ2) is 9.20. The van der Waals surface area contributed by atoms with Crippen LogP contribution >= 0.6 is 11.3 Å². The summed E-state index contributed by atoms with van der Waals surface area (Å²) in [5.41, 5.74) is 5.51. The predicted octanol–water partition coefficient (Wildman–Crippen LogP) is 7.35. The van der Waals surface area contributed by atoms with Crippen molar-refractivity contribution in [2.45, 2.75) is 20.4 Å². The Morgan fingerprint density at radius 1 is 1.09 bits per heavy atom. The molecular formula is C29H25NO3S. The molecule has 0 atom stereocenters. The van der Waals surface area contributed by atoms with Crippen LogP contribution < -0.4 is 10.1 Å². The van der Waals surface area contributed by atoms with E-state index in [1.807, 2.05) is 43.5 Å². The molecule has 2 aromatic heterocycles. The van der Waals surface area contributed by atoms with Crippen molar-refractivity contribution in [3.05, 3.63) is 94.4 Å². The lowest BCUT2D eigenvalue weighted by Crippen LogP contribution is -2.20. The molecule has 0 aliphatic carbocycles. The molecule has 34 heavy (non-hydrogen) atoms. The summed E-state index contributed by atoms with van der Waals surface area (Å²) >= 11 is 1.62. The molecule has 0 spiro atoms. The van der Waals surface area contributed by atoms with Crippen molar-refractivity contribution in [2.24, 2.45) is 0 Å². The van der Waals surface area contributed by atoms with Crippen molar-refractivity contribution >= 4 is 44.6 Å². The first-order chi connectivity index (χ1) is 16.5. The van der Waals surface area contributed by atoms with Crippen LogP contribution in [-0.4, -0.2) is 13.0 Å². The van der Waals surface area contributed by atoms with Crippen molar-refractivity contribution in [3.63, 3.8) is 0 Å². The Morgan fingerprint density at radius 2 is 1.91 bits per heavy atom. The van der Waals surface area contributed by atoms with Gasteiger partial charge in [0.05, 0.1) is 19.9 Å². The zero-order valence-electron chi connectivity index (χ0n) is 19.3. The monoisotopic (exact) mass is 467 g/mol. The molecule has 0 saturated heterocycles. The maximum atomic E-state index is 12.6. The quantitative estimate of drug-likeness (QED) is 0.266. The van der Waals surface area contributed by atoms with E-state index in [1.54, 1.807) is 30.8 Å². The Kier molecular flexibility index (Phi) is 5.95. The highest BCUT2D eigenvalue weighted by molar-refractivity contribution is 7.09. The van der Waals surface area contributed by atoms with E-state index in [1.165, 1.54) is 10.8 Å². The summed E-state index contributed by atoms with van der Waals surface area (Å²) in [5, 5.41) is 8.34. The Hall–Kier alpha value is -3.83. The molecule has 0 unspecified atom stereocenters. The fourth-order valence-corrected chi connectivity index (χ4v) is 5.01. The molecule has 0 saturated carbocycles. The highest BCUT2D eigenvalue weighted by Gasteiger charge is 2.19. The molecule has 3 aromatic carbocycles. The Labute approximate surface area is 202 Å². The van der Waals surface area contributed by atoms with Gasteiger partial charge in [-0.1, -0.05) is 42.5 Å². The minimum atomic E-state index is -0.132. The highest BCUT2D eigenvalue weighted by Crippen LogP contribution is 2.41. The summed E-state index contributed by atoms with van der Waals surface area (Å²) in [4.78, 5) is 13.7. The number of benzene rings is 3. The smallest absolute Gasteiger partial charge is 0.244 e. The summed E-state index contributed by atoms with van der Waals surface area (Å²) in [6, 6.07) is 20.8. The lowest BCUT2D eigenvalue weighted by atomic mass is 9.95. The van der Waals surface area contributed by atoms with Crippen molar-refractivity contribution < 1.29 is 13.9 Å². The minimum absolute atomic E-state index is 0.132. The van der Waals surface area contributed by atoms with Gasteiger partial charge in [-0.2, -0.15) is 0 Å². The largest absolute Gasteiger partial charge is 0.496 e. The van der Waals surface area contributed by atoms with Crippen molar-refractivity contribution in [3.8, 4) is 16.9 Å². The number of rotatable bonds is 6. The number of amides is 1. The van der Waals surface area contributed by atoms with Gasteiger partial charge in [-0.15, -0.1) is 11.3 Å². The second-order valence-corrected chi connectivity index (χ2v) is 9.33. The van der Waals surface area contributed by atoms with Gasteiger partial charge in [0.25, 0.3) is 0 Å². The van der Waals surface area contributed by atoms with Gasteiger partial charge < -0.3 is 14.5 Å². The topological polar surface area (TPSA) is 51.5 Å². The number of hydrogen-bond donors (Lipinski definition) is 1. The number of nitrogens with one attached hydrogen (secondary N) is 1. The summed E-state index contributed by atoms with van der Waals surface area (Å²) in [5.74, 6) is 0.583. The molecule has 1 amide bonds. The standard InChI is InChI=1S/C29H25NO3S/c1-18(13-27(31)30-16-23-9-6-12-34-23)24-15-25-26(17-33-29(25)19(2)28(24)32-3)22-11-10-20-7-4-5-8-21(20)14-22/h4-15,17H,16H2,1-3H3,(H,30,31)/b18-13+. The maximum Gasteiger partial charge on any atom is 0.244 e. The summed E-state index contributed by atoms with van der Waals surface area (Å²) in [7, 11) is 1.65. The third kappa shape index (κ3) is 4.11. The highest BCUT2D eigenvalue weighted by atomic mass is 32.1. The number of furan rings is 1. The third-order valence-corrected chi connectivity index (χ3v) is 6.97. The molecule has 0 aliphatic heterocycles. The fraction of sp³-hybridized carbons (Fsp3) is 0.138. The van der Waals surface area contributed by atoms with E-state index in [2.05, 4.69) is 41.7 Å². The first-order valence-electron chi connectivity index (χ1n) is 11.1. The lowest BCUT2D eigenvalue weighted by molar-refractivity contribution is -0.116. The number of carbonyl (C=O) groups excluding carboxylic acids is 1. The number of fused-ring (bicyclic) bond motifs is 2. The number of aryl methyl sites for hydroxylation is 1. The van der Waals surface area contributed by atoms with Gasteiger partial charge in [-0.05, 0) is 59.3 Å². The number of thiophene rings is 1. The molecule has 0 aliphatic rings. The first kappa shape index (κ1) is 22.0. The van der Waals surface area contributed by atoms with Crippen LogP contribution in [0.1, 0.15) is 22.9 Å². The van der Waals surface area contributed by atoms with E-state index in [9.17, 15) is 4.79 Å². The molecule has 4 nitrogen and oxygen atoms in total. The van der Waals surface area contributed by atoms with Gasteiger partial charge in [0.2, 0.25) is 5.91 Å². The summed E-state index contributed by atoms with van der Waals surface area (Å²) in [6.45, 7) is 4.44. The van der Waals surface area contributed by atoms with Crippen LogP contribution in [0.5, 0.6) is 5.75 Å².